The number of ether oxygens (including phenoxy) is 2. The Bertz CT molecular complexity index is 679. The van der Waals surface area contributed by atoms with Crippen LogP contribution in [0.1, 0.15) is 25.8 Å². The second-order valence-electron chi connectivity index (χ2n) is 7.61. The van der Waals surface area contributed by atoms with E-state index in [0.29, 0.717) is 37.1 Å². The largest absolute Gasteiger partial charge is 0.454 e. The molecule has 1 aromatic carbocycles. The average Bonchev–Trinajstić information content (AvgIpc) is 3.26. The van der Waals surface area contributed by atoms with Crippen molar-refractivity contribution in [3.63, 3.8) is 0 Å². The molecule has 0 saturated carbocycles. The van der Waals surface area contributed by atoms with Gasteiger partial charge in [-0.2, -0.15) is 0 Å². The molecule has 2 saturated heterocycles. The number of hydrogen-bond acceptors (Lipinski definition) is 5. The van der Waals surface area contributed by atoms with Gasteiger partial charge in [-0.1, -0.05) is 19.9 Å². The molecule has 3 heterocycles. The van der Waals surface area contributed by atoms with Gasteiger partial charge in [-0.05, 0) is 36.6 Å². The Kier molecular flexibility index (Phi) is 4.15. The number of amides is 2. The molecule has 0 bridgehead atoms. The third-order valence-electron chi connectivity index (χ3n) is 5.36. The van der Waals surface area contributed by atoms with Crippen molar-refractivity contribution in [2.75, 3.05) is 26.4 Å². The minimum atomic E-state index is -0.173. The van der Waals surface area contributed by atoms with Gasteiger partial charge in [0.1, 0.15) is 0 Å². The lowest BCUT2D eigenvalue weighted by atomic mass is 10.00. The smallest absolute Gasteiger partial charge is 0.234 e. The lowest BCUT2D eigenvalue weighted by Gasteiger charge is -2.21. The van der Waals surface area contributed by atoms with Crippen molar-refractivity contribution in [3.05, 3.63) is 23.8 Å². The maximum atomic E-state index is 12.7. The highest BCUT2D eigenvalue weighted by molar-refractivity contribution is 6.05. The van der Waals surface area contributed by atoms with Gasteiger partial charge < -0.3 is 14.4 Å². The van der Waals surface area contributed by atoms with Gasteiger partial charge in [0, 0.05) is 13.1 Å². The lowest BCUT2D eigenvalue weighted by Crippen LogP contribution is -2.36. The molecule has 2 fully saturated rings. The Hall–Kier alpha value is -2.08. The van der Waals surface area contributed by atoms with Crippen molar-refractivity contribution in [2.24, 2.45) is 17.8 Å². The molecule has 3 aliphatic rings. The second-order valence-corrected chi connectivity index (χ2v) is 7.61. The maximum Gasteiger partial charge on any atom is 0.234 e. The molecule has 0 radical (unpaired) electrons. The molecule has 2 amide bonds. The minimum Gasteiger partial charge on any atom is -0.454 e. The third kappa shape index (κ3) is 2.99. The summed E-state index contributed by atoms with van der Waals surface area (Å²) in [6.07, 6.45) is 1.10. The summed E-state index contributed by atoms with van der Waals surface area (Å²) in [6.45, 7) is 7.30. The van der Waals surface area contributed by atoms with Crippen LogP contribution in [0, 0.1) is 17.8 Å². The van der Waals surface area contributed by atoms with Gasteiger partial charge in [-0.3, -0.25) is 14.5 Å². The molecule has 6 heteroatoms. The molecule has 1 aromatic rings. The van der Waals surface area contributed by atoms with E-state index in [4.69, 9.17) is 9.47 Å². The van der Waals surface area contributed by atoms with Crippen LogP contribution in [0.5, 0.6) is 11.5 Å². The van der Waals surface area contributed by atoms with Crippen LogP contribution in [0.4, 0.5) is 0 Å². The van der Waals surface area contributed by atoms with E-state index in [-0.39, 0.29) is 30.4 Å². The van der Waals surface area contributed by atoms with E-state index in [1.807, 2.05) is 18.2 Å². The number of fused-ring (bicyclic) bond motifs is 2. The summed E-state index contributed by atoms with van der Waals surface area (Å²) >= 11 is 0. The fourth-order valence-electron chi connectivity index (χ4n) is 3.90. The summed E-state index contributed by atoms with van der Waals surface area (Å²) < 4.78 is 10.7. The fourth-order valence-corrected chi connectivity index (χ4v) is 3.90. The number of carbonyl (C=O) groups is 2. The van der Waals surface area contributed by atoms with Crippen molar-refractivity contribution in [1.29, 1.82) is 0 Å². The van der Waals surface area contributed by atoms with Crippen LogP contribution in [0.2, 0.25) is 0 Å². The molecule has 4 rings (SSSR count). The summed E-state index contributed by atoms with van der Waals surface area (Å²) in [5.74, 6) is 1.62. The van der Waals surface area contributed by atoms with Gasteiger partial charge in [0.25, 0.3) is 0 Å². The minimum absolute atomic E-state index is 0.0280. The van der Waals surface area contributed by atoms with E-state index in [0.717, 1.165) is 18.5 Å². The zero-order valence-corrected chi connectivity index (χ0v) is 14.7. The summed E-state index contributed by atoms with van der Waals surface area (Å²) in [4.78, 5) is 29.2. The van der Waals surface area contributed by atoms with Gasteiger partial charge in [0.05, 0.1) is 18.4 Å². The predicted octanol–water partition coefficient (Wildman–Crippen LogP) is 1.88. The van der Waals surface area contributed by atoms with Crippen molar-refractivity contribution in [2.45, 2.75) is 26.8 Å². The van der Waals surface area contributed by atoms with Crippen LogP contribution in [-0.2, 0) is 16.1 Å². The Balaban J connectivity index is 1.42. The monoisotopic (exact) mass is 344 g/mol. The summed E-state index contributed by atoms with van der Waals surface area (Å²) in [5.41, 5.74) is 0.891. The van der Waals surface area contributed by atoms with E-state index in [1.54, 1.807) is 0 Å². The van der Waals surface area contributed by atoms with Crippen LogP contribution in [0.15, 0.2) is 18.2 Å². The fraction of sp³-hybridized carbons (Fsp3) is 0.579. The van der Waals surface area contributed by atoms with Gasteiger partial charge in [-0.25, -0.2) is 0 Å². The molecule has 134 valence electrons. The standard InChI is InChI=1S/C19H24N2O4/c1-12(2)5-6-20-9-14-15(10-20)19(23)21(18(14)22)8-13-3-4-16-17(7-13)25-11-24-16/h3-4,7,12,14-15H,5-6,8-11H2,1-2H3. The number of imide groups is 1. The topological polar surface area (TPSA) is 59.1 Å². The zero-order valence-electron chi connectivity index (χ0n) is 14.7. The number of benzene rings is 1. The summed E-state index contributed by atoms with van der Waals surface area (Å²) in [5, 5.41) is 0. The molecule has 0 aromatic heterocycles. The third-order valence-corrected chi connectivity index (χ3v) is 5.36. The van der Waals surface area contributed by atoms with Crippen molar-refractivity contribution >= 4 is 11.8 Å². The van der Waals surface area contributed by atoms with E-state index in [9.17, 15) is 9.59 Å². The number of carbonyl (C=O) groups excluding carboxylic acids is 2. The van der Waals surface area contributed by atoms with Gasteiger partial charge in [0.2, 0.25) is 18.6 Å². The molecule has 25 heavy (non-hydrogen) atoms. The van der Waals surface area contributed by atoms with Crippen molar-refractivity contribution in [1.82, 2.24) is 9.80 Å². The molecule has 0 aliphatic carbocycles. The molecule has 0 N–H and O–H groups in total. The predicted molar refractivity (Wildman–Crippen MR) is 91.0 cm³/mol. The van der Waals surface area contributed by atoms with E-state index in [2.05, 4.69) is 18.7 Å². The van der Waals surface area contributed by atoms with Gasteiger partial charge >= 0.3 is 0 Å². The first-order chi connectivity index (χ1) is 12.0. The van der Waals surface area contributed by atoms with Crippen molar-refractivity contribution in [3.8, 4) is 11.5 Å². The highest BCUT2D eigenvalue weighted by Crippen LogP contribution is 2.36. The van der Waals surface area contributed by atoms with Gasteiger partial charge in [-0.15, -0.1) is 0 Å². The normalized spacial score (nSPS) is 25.3. The molecular weight excluding hydrogens is 320 g/mol. The van der Waals surface area contributed by atoms with E-state index in [1.165, 1.54) is 4.90 Å². The van der Waals surface area contributed by atoms with Crippen LogP contribution in [0.3, 0.4) is 0 Å². The molecule has 2 unspecified atom stereocenters. The van der Waals surface area contributed by atoms with Crippen LogP contribution in [0.25, 0.3) is 0 Å². The average molecular weight is 344 g/mol. The maximum absolute atomic E-state index is 12.7. The zero-order chi connectivity index (χ0) is 17.6. The number of nitrogens with zero attached hydrogens (tertiary/aromatic N) is 2. The molecule has 3 aliphatic heterocycles. The first-order valence-corrected chi connectivity index (χ1v) is 8.99. The van der Waals surface area contributed by atoms with E-state index >= 15 is 0 Å². The summed E-state index contributed by atoms with van der Waals surface area (Å²) in [6, 6.07) is 5.57. The van der Waals surface area contributed by atoms with Crippen LogP contribution in [-0.4, -0.2) is 48.0 Å². The number of hydrogen-bond donors (Lipinski definition) is 0. The van der Waals surface area contributed by atoms with Crippen molar-refractivity contribution < 1.29 is 19.1 Å². The van der Waals surface area contributed by atoms with E-state index < -0.39 is 0 Å². The SMILES string of the molecule is CC(C)CCN1CC2C(=O)N(Cc3ccc4c(c3)OCO4)C(=O)C2C1. The highest BCUT2D eigenvalue weighted by atomic mass is 16.7. The Morgan fingerprint density at radius 3 is 2.44 bits per heavy atom. The first kappa shape index (κ1) is 16.4. The molecule has 2 atom stereocenters. The lowest BCUT2D eigenvalue weighted by molar-refractivity contribution is -0.141. The Morgan fingerprint density at radius 2 is 1.76 bits per heavy atom. The van der Waals surface area contributed by atoms with Crippen LogP contribution >= 0.6 is 0 Å². The quantitative estimate of drug-likeness (QED) is 0.764. The molecule has 0 spiro atoms. The Labute approximate surface area is 147 Å². The Morgan fingerprint density at radius 1 is 1.08 bits per heavy atom. The number of likely N-dealkylation sites (tertiary alicyclic amines) is 2. The first-order valence-electron chi connectivity index (χ1n) is 8.99. The van der Waals surface area contributed by atoms with Crippen LogP contribution < -0.4 is 9.47 Å². The van der Waals surface area contributed by atoms with Gasteiger partial charge in [0.15, 0.2) is 11.5 Å². The second kappa shape index (κ2) is 6.33. The summed E-state index contributed by atoms with van der Waals surface area (Å²) in [7, 11) is 0. The molecule has 6 nitrogen and oxygen atoms in total. The molecular formula is C19H24N2O4. The number of rotatable bonds is 5. The highest BCUT2D eigenvalue weighted by Gasteiger charge is 2.51.